The van der Waals surface area contributed by atoms with Crippen molar-refractivity contribution in [3.63, 3.8) is 0 Å². The lowest BCUT2D eigenvalue weighted by atomic mass is 10.1. The van der Waals surface area contributed by atoms with Crippen molar-refractivity contribution >= 4 is 5.91 Å². The van der Waals surface area contributed by atoms with E-state index in [0.717, 1.165) is 18.4 Å². The van der Waals surface area contributed by atoms with Crippen LogP contribution in [0.1, 0.15) is 24.4 Å². The number of nitriles is 1. The Morgan fingerprint density at radius 1 is 1.69 bits per heavy atom. The molecular weight excluding hydrogens is 202 g/mol. The highest BCUT2D eigenvalue weighted by atomic mass is 16.2. The van der Waals surface area contributed by atoms with Crippen LogP contribution in [0.2, 0.25) is 0 Å². The van der Waals surface area contributed by atoms with Crippen LogP contribution in [0, 0.1) is 17.2 Å². The van der Waals surface area contributed by atoms with Gasteiger partial charge in [0, 0.05) is 30.9 Å². The van der Waals surface area contributed by atoms with Gasteiger partial charge in [0.2, 0.25) is 5.91 Å². The molecule has 1 amide bonds. The summed E-state index contributed by atoms with van der Waals surface area (Å²) >= 11 is 0. The zero-order valence-corrected chi connectivity index (χ0v) is 9.13. The highest BCUT2D eigenvalue weighted by Gasteiger charge is 2.35. The summed E-state index contributed by atoms with van der Waals surface area (Å²) in [5, 5.41) is 9.13. The molecule has 0 aliphatic heterocycles. The third kappa shape index (κ3) is 2.03. The number of hydrogen-bond acceptors (Lipinski definition) is 3. The topological polar surface area (TPSA) is 57.0 Å². The van der Waals surface area contributed by atoms with Gasteiger partial charge in [0.1, 0.15) is 6.04 Å². The molecule has 1 aliphatic carbocycles. The van der Waals surface area contributed by atoms with Gasteiger partial charge >= 0.3 is 0 Å². The zero-order valence-electron chi connectivity index (χ0n) is 9.13. The van der Waals surface area contributed by atoms with Crippen LogP contribution in [-0.2, 0) is 4.79 Å². The average Bonchev–Trinajstić information content (AvgIpc) is 3.14. The van der Waals surface area contributed by atoms with Crippen LogP contribution < -0.4 is 0 Å². The molecule has 2 rings (SSSR count). The van der Waals surface area contributed by atoms with Gasteiger partial charge in [-0.1, -0.05) is 6.07 Å². The maximum Gasteiger partial charge on any atom is 0.226 e. The van der Waals surface area contributed by atoms with Crippen molar-refractivity contribution in [3.05, 3.63) is 30.1 Å². The highest BCUT2D eigenvalue weighted by Crippen LogP contribution is 2.33. The Morgan fingerprint density at radius 2 is 2.44 bits per heavy atom. The van der Waals surface area contributed by atoms with E-state index < -0.39 is 6.04 Å². The lowest BCUT2D eigenvalue weighted by Gasteiger charge is -2.22. The van der Waals surface area contributed by atoms with Crippen LogP contribution in [0.25, 0.3) is 0 Å². The van der Waals surface area contributed by atoms with E-state index in [-0.39, 0.29) is 11.8 Å². The smallest absolute Gasteiger partial charge is 0.226 e. The van der Waals surface area contributed by atoms with Crippen LogP contribution in [0.5, 0.6) is 0 Å². The van der Waals surface area contributed by atoms with Crippen LogP contribution >= 0.6 is 0 Å². The molecule has 1 atom stereocenters. The summed E-state index contributed by atoms with van der Waals surface area (Å²) in [4.78, 5) is 17.3. The fraction of sp³-hybridized carbons (Fsp3) is 0.417. The van der Waals surface area contributed by atoms with Gasteiger partial charge in [-0.2, -0.15) is 5.26 Å². The molecule has 1 aromatic rings. The minimum absolute atomic E-state index is 0.0652. The Hall–Kier alpha value is -1.89. The average molecular weight is 215 g/mol. The second kappa shape index (κ2) is 4.31. The van der Waals surface area contributed by atoms with Crippen molar-refractivity contribution in [3.8, 4) is 6.07 Å². The summed E-state index contributed by atoms with van der Waals surface area (Å²) < 4.78 is 0. The van der Waals surface area contributed by atoms with E-state index >= 15 is 0 Å². The molecule has 1 aromatic heterocycles. The second-order valence-corrected chi connectivity index (χ2v) is 4.04. The SMILES string of the molecule is CN(C(=O)C1CC1)C(C#N)c1cccnc1. The molecule has 0 aromatic carbocycles. The third-order valence-electron chi connectivity index (χ3n) is 2.78. The van der Waals surface area contributed by atoms with E-state index in [4.69, 9.17) is 5.26 Å². The van der Waals surface area contributed by atoms with E-state index in [2.05, 4.69) is 11.1 Å². The van der Waals surface area contributed by atoms with Gasteiger partial charge in [-0.05, 0) is 18.9 Å². The molecule has 0 N–H and O–H groups in total. The predicted molar refractivity (Wildman–Crippen MR) is 58.1 cm³/mol. The van der Waals surface area contributed by atoms with Gasteiger partial charge in [-0.25, -0.2) is 0 Å². The van der Waals surface area contributed by atoms with Crippen LogP contribution in [-0.4, -0.2) is 22.8 Å². The number of carbonyl (C=O) groups excluding carboxylic acids is 1. The molecule has 1 unspecified atom stereocenters. The number of rotatable bonds is 3. The maximum atomic E-state index is 11.8. The first kappa shape index (κ1) is 10.6. The summed E-state index contributed by atoms with van der Waals surface area (Å²) in [6, 6.07) is 5.21. The van der Waals surface area contributed by atoms with Crippen molar-refractivity contribution in [2.75, 3.05) is 7.05 Å². The van der Waals surface area contributed by atoms with E-state index in [0.29, 0.717) is 0 Å². The van der Waals surface area contributed by atoms with E-state index in [9.17, 15) is 4.79 Å². The minimum atomic E-state index is -0.526. The molecule has 1 heterocycles. The molecule has 1 aliphatic rings. The van der Waals surface area contributed by atoms with Gasteiger partial charge in [-0.3, -0.25) is 9.78 Å². The second-order valence-electron chi connectivity index (χ2n) is 4.04. The molecule has 0 spiro atoms. The molecule has 0 bridgehead atoms. The maximum absolute atomic E-state index is 11.8. The Bertz CT molecular complexity index is 420. The third-order valence-corrected chi connectivity index (χ3v) is 2.78. The van der Waals surface area contributed by atoms with Crippen LogP contribution in [0.4, 0.5) is 0 Å². The van der Waals surface area contributed by atoms with Gasteiger partial charge in [-0.15, -0.1) is 0 Å². The standard InChI is InChI=1S/C12H13N3O/c1-15(12(16)9-4-5-9)11(7-13)10-3-2-6-14-8-10/h2-3,6,8-9,11H,4-5H2,1H3. The van der Waals surface area contributed by atoms with Crippen molar-refractivity contribution in [2.45, 2.75) is 18.9 Å². The quantitative estimate of drug-likeness (QED) is 0.768. The summed E-state index contributed by atoms with van der Waals surface area (Å²) in [7, 11) is 1.68. The number of carbonyl (C=O) groups is 1. The van der Waals surface area contributed by atoms with Crippen molar-refractivity contribution in [2.24, 2.45) is 5.92 Å². The molecular formula is C12H13N3O. The Balaban J connectivity index is 2.16. The first-order chi connectivity index (χ1) is 7.74. The molecule has 82 valence electrons. The molecule has 16 heavy (non-hydrogen) atoms. The molecule has 0 saturated heterocycles. The van der Waals surface area contributed by atoms with Crippen LogP contribution in [0.3, 0.4) is 0 Å². The summed E-state index contributed by atoms with van der Waals surface area (Å²) in [6.45, 7) is 0. The van der Waals surface area contributed by atoms with E-state index in [1.165, 1.54) is 4.90 Å². The summed E-state index contributed by atoms with van der Waals surface area (Å²) in [5.41, 5.74) is 0.765. The minimum Gasteiger partial charge on any atom is -0.325 e. The van der Waals surface area contributed by atoms with Gasteiger partial charge < -0.3 is 4.90 Å². The molecule has 4 heteroatoms. The fourth-order valence-corrected chi connectivity index (χ4v) is 1.67. The lowest BCUT2D eigenvalue weighted by Crippen LogP contribution is -2.31. The van der Waals surface area contributed by atoms with E-state index in [1.54, 1.807) is 25.5 Å². The number of amides is 1. The number of aromatic nitrogens is 1. The molecule has 1 fully saturated rings. The molecule has 4 nitrogen and oxygen atoms in total. The highest BCUT2D eigenvalue weighted by molar-refractivity contribution is 5.81. The van der Waals surface area contributed by atoms with Crippen molar-refractivity contribution < 1.29 is 4.79 Å². The Morgan fingerprint density at radius 3 is 2.94 bits per heavy atom. The van der Waals surface area contributed by atoms with Gasteiger partial charge in [0.25, 0.3) is 0 Å². The summed E-state index contributed by atoms with van der Waals surface area (Å²) in [6.07, 6.45) is 5.19. The van der Waals surface area contributed by atoms with Crippen molar-refractivity contribution in [1.29, 1.82) is 5.26 Å². The van der Waals surface area contributed by atoms with Crippen LogP contribution in [0.15, 0.2) is 24.5 Å². The molecule has 1 saturated carbocycles. The number of nitrogens with zero attached hydrogens (tertiary/aromatic N) is 3. The number of pyridine rings is 1. The Labute approximate surface area is 94.5 Å². The molecule has 0 radical (unpaired) electrons. The first-order valence-corrected chi connectivity index (χ1v) is 5.30. The van der Waals surface area contributed by atoms with E-state index in [1.807, 2.05) is 6.07 Å². The normalized spacial score (nSPS) is 16.2. The van der Waals surface area contributed by atoms with Gasteiger partial charge in [0.05, 0.1) is 6.07 Å². The monoisotopic (exact) mass is 215 g/mol. The predicted octanol–water partition coefficient (Wildman–Crippen LogP) is 1.51. The largest absolute Gasteiger partial charge is 0.325 e. The Kier molecular flexibility index (Phi) is 2.86. The first-order valence-electron chi connectivity index (χ1n) is 5.30. The van der Waals surface area contributed by atoms with Crippen molar-refractivity contribution in [1.82, 2.24) is 9.88 Å². The summed E-state index contributed by atoms with van der Waals surface area (Å²) in [5.74, 6) is 0.202. The van der Waals surface area contributed by atoms with Gasteiger partial charge in [0.15, 0.2) is 0 Å². The fourth-order valence-electron chi connectivity index (χ4n) is 1.67. The zero-order chi connectivity index (χ0) is 11.5. The lowest BCUT2D eigenvalue weighted by molar-refractivity contribution is -0.132. The number of hydrogen-bond donors (Lipinski definition) is 0.